The SMILES string of the molecule is COc1cccc(N(C)CC(=O)c2cccc(F)c2)c1. The van der Waals surface area contributed by atoms with E-state index in [1.165, 1.54) is 18.2 Å². The molecule has 0 heterocycles. The monoisotopic (exact) mass is 273 g/mol. The number of ketones is 1. The number of ether oxygens (including phenoxy) is 1. The molecule has 0 amide bonds. The molecule has 0 aliphatic rings. The van der Waals surface area contributed by atoms with Gasteiger partial charge in [-0.3, -0.25) is 4.79 Å². The number of rotatable bonds is 5. The van der Waals surface area contributed by atoms with Gasteiger partial charge in [-0.1, -0.05) is 18.2 Å². The van der Waals surface area contributed by atoms with Crippen molar-refractivity contribution >= 4 is 11.5 Å². The fourth-order valence-corrected chi connectivity index (χ4v) is 1.91. The van der Waals surface area contributed by atoms with Gasteiger partial charge in [-0.2, -0.15) is 0 Å². The number of methoxy groups -OCH3 is 1. The number of carbonyl (C=O) groups excluding carboxylic acids is 1. The Hall–Kier alpha value is -2.36. The molecule has 0 saturated carbocycles. The Morgan fingerprint density at radius 2 is 1.95 bits per heavy atom. The number of anilines is 1. The molecule has 0 radical (unpaired) electrons. The van der Waals surface area contributed by atoms with E-state index in [-0.39, 0.29) is 12.3 Å². The second-order valence-electron chi connectivity index (χ2n) is 4.49. The fourth-order valence-electron chi connectivity index (χ4n) is 1.91. The molecule has 0 unspecified atom stereocenters. The van der Waals surface area contributed by atoms with Crippen molar-refractivity contribution in [2.24, 2.45) is 0 Å². The van der Waals surface area contributed by atoms with E-state index in [1.807, 2.05) is 31.3 Å². The first-order chi connectivity index (χ1) is 9.60. The van der Waals surface area contributed by atoms with Crippen LogP contribution in [0.5, 0.6) is 5.75 Å². The summed E-state index contributed by atoms with van der Waals surface area (Å²) in [6.45, 7) is 0.177. The number of likely N-dealkylation sites (N-methyl/N-ethyl adjacent to an activating group) is 1. The Morgan fingerprint density at radius 3 is 2.65 bits per heavy atom. The molecule has 2 rings (SSSR count). The van der Waals surface area contributed by atoms with Crippen LogP contribution in [-0.4, -0.2) is 26.5 Å². The summed E-state index contributed by atoms with van der Waals surface area (Å²) in [4.78, 5) is 13.9. The number of halogens is 1. The largest absolute Gasteiger partial charge is 0.497 e. The van der Waals surface area contributed by atoms with Gasteiger partial charge in [0.1, 0.15) is 11.6 Å². The smallest absolute Gasteiger partial charge is 0.182 e. The van der Waals surface area contributed by atoms with E-state index in [0.29, 0.717) is 5.56 Å². The van der Waals surface area contributed by atoms with Gasteiger partial charge in [0.25, 0.3) is 0 Å². The Bertz CT molecular complexity index is 613. The molecule has 0 fully saturated rings. The van der Waals surface area contributed by atoms with Gasteiger partial charge in [-0.15, -0.1) is 0 Å². The zero-order valence-electron chi connectivity index (χ0n) is 11.5. The second-order valence-corrected chi connectivity index (χ2v) is 4.49. The molecular weight excluding hydrogens is 257 g/mol. The number of hydrogen-bond donors (Lipinski definition) is 0. The molecule has 104 valence electrons. The molecule has 0 bridgehead atoms. The van der Waals surface area contributed by atoms with Crippen LogP contribution >= 0.6 is 0 Å². The van der Waals surface area contributed by atoms with E-state index in [0.717, 1.165) is 11.4 Å². The molecule has 0 saturated heterocycles. The molecule has 0 aliphatic carbocycles. The maximum absolute atomic E-state index is 13.1. The minimum absolute atomic E-state index is 0.130. The third-order valence-electron chi connectivity index (χ3n) is 3.02. The summed E-state index contributed by atoms with van der Waals surface area (Å²) < 4.78 is 18.3. The predicted molar refractivity (Wildman–Crippen MR) is 77.0 cm³/mol. The predicted octanol–water partition coefficient (Wildman–Crippen LogP) is 3.15. The first kappa shape index (κ1) is 14.1. The lowest BCUT2D eigenvalue weighted by molar-refractivity contribution is 0.1000. The van der Waals surface area contributed by atoms with Gasteiger partial charge in [0, 0.05) is 24.4 Å². The third kappa shape index (κ3) is 3.35. The van der Waals surface area contributed by atoms with Crippen LogP contribution in [0.2, 0.25) is 0 Å². The van der Waals surface area contributed by atoms with Crippen molar-refractivity contribution in [1.82, 2.24) is 0 Å². The summed E-state index contributed by atoms with van der Waals surface area (Å²) in [5.41, 5.74) is 1.24. The molecule has 0 N–H and O–H groups in total. The molecule has 2 aromatic carbocycles. The van der Waals surface area contributed by atoms with Crippen LogP contribution in [0.3, 0.4) is 0 Å². The van der Waals surface area contributed by atoms with Crippen molar-refractivity contribution in [2.45, 2.75) is 0 Å². The number of nitrogens with zero attached hydrogens (tertiary/aromatic N) is 1. The van der Waals surface area contributed by atoms with Crippen molar-refractivity contribution in [3.63, 3.8) is 0 Å². The highest BCUT2D eigenvalue weighted by molar-refractivity contribution is 5.99. The van der Waals surface area contributed by atoms with E-state index in [2.05, 4.69) is 0 Å². The lowest BCUT2D eigenvalue weighted by atomic mass is 10.1. The van der Waals surface area contributed by atoms with E-state index < -0.39 is 5.82 Å². The normalized spacial score (nSPS) is 10.2. The number of hydrogen-bond acceptors (Lipinski definition) is 3. The van der Waals surface area contributed by atoms with Crippen molar-refractivity contribution in [2.75, 3.05) is 25.6 Å². The van der Waals surface area contributed by atoms with Crippen LogP contribution in [-0.2, 0) is 0 Å². The first-order valence-corrected chi connectivity index (χ1v) is 6.24. The van der Waals surface area contributed by atoms with Gasteiger partial charge >= 0.3 is 0 Å². The molecule has 20 heavy (non-hydrogen) atoms. The van der Waals surface area contributed by atoms with Crippen molar-refractivity contribution in [3.05, 3.63) is 59.9 Å². The fraction of sp³-hybridized carbons (Fsp3) is 0.188. The average molecular weight is 273 g/mol. The highest BCUT2D eigenvalue weighted by Gasteiger charge is 2.11. The molecule has 0 aliphatic heterocycles. The maximum atomic E-state index is 13.1. The minimum Gasteiger partial charge on any atom is -0.497 e. The molecule has 2 aromatic rings. The summed E-state index contributed by atoms with van der Waals surface area (Å²) >= 11 is 0. The van der Waals surface area contributed by atoms with Gasteiger partial charge in [0.05, 0.1) is 13.7 Å². The first-order valence-electron chi connectivity index (χ1n) is 6.24. The summed E-state index contributed by atoms with van der Waals surface area (Å²) in [6, 6.07) is 13.2. The average Bonchev–Trinajstić information content (AvgIpc) is 2.47. The van der Waals surface area contributed by atoms with Gasteiger partial charge in [-0.25, -0.2) is 4.39 Å². The molecule has 3 nitrogen and oxygen atoms in total. The zero-order valence-corrected chi connectivity index (χ0v) is 11.5. The second kappa shape index (κ2) is 6.19. The number of benzene rings is 2. The number of carbonyl (C=O) groups is 1. The summed E-state index contributed by atoms with van der Waals surface area (Å²) in [6.07, 6.45) is 0. The Balaban J connectivity index is 2.10. The quantitative estimate of drug-likeness (QED) is 0.784. The summed E-state index contributed by atoms with van der Waals surface area (Å²) in [5.74, 6) is 0.197. The van der Waals surface area contributed by atoms with Gasteiger partial charge in [0.15, 0.2) is 5.78 Å². The summed E-state index contributed by atoms with van der Waals surface area (Å²) in [7, 11) is 3.41. The van der Waals surface area contributed by atoms with Gasteiger partial charge < -0.3 is 9.64 Å². The van der Waals surface area contributed by atoms with Crippen LogP contribution in [0.4, 0.5) is 10.1 Å². The van der Waals surface area contributed by atoms with Crippen LogP contribution in [0.1, 0.15) is 10.4 Å². The van der Waals surface area contributed by atoms with Crippen LogP contribution < -0.4 is 9.64 Å². The minimum atomic E-state index is -0.403. The standard InChI is InChI=1S/C16H16FNO2/c1-18(14-7-4-8-15(10-14)20-2)11-16(19)12-5-3-6-13(17)9-12/h3-10H,11H2,1-2H3. The third-order valence-corrected chi connectivity index (χ3v) is 3.02. The van der Waals surface area contributed by atoms with E-state index in [1.54, 1.807) is 18.1 Å². The number of Topliss-reactive ketones (excluding diaryl/α,β-unsaturated/α-hetero) is 1. The van der Waals surface area contributed by atoms with Crippen LogP contribution in [0.25, 0.3) is 0 Å². The van der Waals surface area contributed by atoms with Crippen molar-refractivity contribution < 1.29 is 13.9 Å². The maximum Gasteiger partial charge on any atom is 0.182 e. The molecule has 0 spiro atoms. The lowest BCUT2D eigenvalue weighted by Gasteiger charge is -2.19. The van der Waals surface area contributed by atoms with E-state index in [4.69, 9.17) is 4.74 Å². The van der Waals surface area contributed by atoms with E-state index in [9.17, 15) is 9.18 Å². The topological polar surface area (TPSA) is 29.5 Å². The lowest BCUT2D eigenvalue weighted by Crippen LogP contribution is -2.25. The summed E-state index contributed by atoms with van der Waals surface area (Å²) in [5, 5.41) is 0. The Kier molecular flexibility index (Phi) is 4.35. The van der Waals surface area contributed by atoms with Crippen LogP contribution in [0.15, 0.2) is 48.5 Å². The Morgan fingerprint density at radius 1 is 1.20 bits per heavy atom. The van der Waals surface area contributed by atoms with Crippen LogP contribution in [0, 0.1) is 5.82 Å². The Labute approximate surface area is 117 Å². The van der Waals surface area contributed by atoms with Crippen molar-refractivity contribution in [3.8, 4) is 5.75 Å². The van der Waals surface area contributed by atoms with Crippen molar-refractivity contribution in [1.29, 1.82) is 0 Å². The molecule has 4 heteroatoms. The van der Waals surface area contributed by atoms with Gasteiger partial charge in [-0.05, 0) is 24.3 Å². The highest BCUT2D eigenvalue weighted by Crippen LogP contribution is 2.20. The molecular formula is C16H16FNO2. The van der Waals surface area contributed by atoms with E-state index >= 15 is 0 Å². The zero-order chi connectivity index (χ0) is 14.5. The molecule has 0 atom stereocenters. The molecule has 0 aromatic heterocycles. The highest BCUT2D eigenvalue weighted by atomic mass is 19.1. The van der Waals surface area contributed by atoms with Gasteiger partial charge in [0.2, 0.25) is 0 Å².